The van der Waals surface area contributed by atoms with Gasteiger partial charge in [-0.3, -0.25) is 14.5 Å². The first-order valence-electron chi connectivity index (χ1n) is 8.47. The van der Waals surface area contributed by atoms with E-state index in [4.69, 9.17) is 9.90 Å². The van der Waals surface area contributed by atoms with Crippen molar-refractivity contribution in [2.24, 2.45) is 10.8 Å². The van der Waals surface area contributed by atoms with Crippen LogP contribution >= 0.6 is 0 Å². The summed E-state index contributed by atoms with van der Waals surface area (Å²) in [6.07, 6.45) is -2.97. The Morgan fingerprint density at radius 3 is 2.07 bits per heavy atom. The summed E-state index contributed by atoms with van der Waals surface area (Å²) < 4.78 is 31.7. The van der Waals surface area contributed by atoms with Crippen LogP contribution in [-0.2, 0) is 20.9 Å². The number of fused-ring (bicyclic) bond motifs is 2. The molecule has 0 spiro atoms. The van der Waals surface area contributed by atoms with Gasteiger partial charge in [0.2, 0.25) is 0 Å². The Morgan fingerprint density at radius 1 is 1.03 bits per heavy atom. The van der Waals surface area contributed by atoms with Crippen LogP contribution in [0.1, 0.15) is 12.0 Å². The number of halogens is 3. The molecular formula is C18H17F3N2O6. The molecule has 1 aliphatic heterocycles. The highest BCUT2D eigenvalue weighted by molar-refractivity contribution is 5.94. The maximum absolute atomic E-state index is 11.5. The average Bonchev–Trinajstić information content (AvgIpc) is 2.93. The van der Waals surface area contributed by atoms with Gasteiger partial charge in [0.15, 0.2) is 0 Å². The van der Waals surface area contributed by atoms with Crippen molar-refractivity contribution in [1.82, 2.24) is 9.88 Å². The number of aliphatic carboxylic acids is 3. The van der Waals surface area contributed by atoms with E-state index in [1.165, 1.54) is 0 Å². The first-order chi connectivity index (χ1) is 13.4. The summed E-state index contributed by atoms with van der Waals surface area (Å²) in [6, 6.07) is 7.92. The van der Waals surface area contributed by atoms with Crippen molar-refractivity contribution in [3.63, 3.8) is 0 Å². The van der Waals surface area contributed by atoms with Gasteiger partial charge in [-0.2, -0.15) is 13.2 Å². The van der Waals surface area contributed by atoms with Gasteiger partial charge < -0.3 is 20.3 Å². The van der Waals surface area contributed by atoms with Gasteiger partial charge >= 0.3 is 24.1 Å². The smallest absolute Gasteiger partial charge is 0.481 e. The number of alkyl halides is 3. The first kappa shape index (κ1) is 20.6. The van der Waals surface area contributed by atoms with Crippen molar-refractivity contribution in [1.29, 1.82) is 0 Å². The lowest BCUT2D eigenvalue weighted by Crippen LogP contribution is -2.28. The Hall–Kier alpha value is -3.08. The van der Waals surface area contributed by atoms with E-state index in [0.29, 0.717) is 19.6 Å². The maximum atomic E-state index is 11.5. The number of hydrogen-bond acceptors (Lipinski definition) is 4. The fourth-order valence-electron chi connectivity index (χ4n) is 4.04. The Morgan fingerprint density at radius 2 is 1.59 bits per heavy atom. The molecule has 1 aliphatic carbocycles. The number of piperidine rings is 1. The number of carboxylic acid groups (broad SMARTS) is 3. The number of nitrogens with one attached hydrogen (secondary N) is 1. The molecule has 2 atom stereocenters. The molecule has 0 radical (unpaired) electrons. The Bertz CT molecular complexity index is 959. The zero-order valence-corrected chi connectivity index (χ0v) is 14.9. The van der Waals surface area contributed by atoms with Crippen LogP contribution in [0.4, 0.5) is 13.2 Å². The highest BCUT2D eigenvalue weighted by Gasteiger charge is 2.80. The molecule has 1 aromatic carbocycles. The summed E-state index contributed by atoms with van der Waals surface area (Å²) in [6.45, 7) is 1.17. The van der Waals surface area contributed by atoms with Gasteiger partial charge in [0.25, 0.3) is 0 Å². The second-order valence-electron chi connectivity index (χ2n) is 7.26. The Kier molecular flexibility index (Phi) is 4.81. The molecule has 11 heteroatoms. The molecular weight excluding hydrogens is 397 g/mol. The molecule has 8 nitrogen and oxygen atoms in total. The van der Waals surface area contributed by atoms with Crippen LogP contribution in [0.25, 0.3) is 10.9 Å². The molecule has 0 amide bonds. The molecule has 4 rings (SSSR count). The number of hydrogen-bond donors (Lipinski definition) is 4. The fraction of sp³-hybridized carbons (Fsp3) is 0.389. The van der Waals surface area contributed by atoms with Gasteiger partial charge in [-0.05, 0) is 24.1 Å². The number of likely N-dealkylation sites (tertiary alicyclic amines) is 1. The number of carbonyl (C=O) groups is 3. The third-order valence-electron chi connectivity index (χ3n) is 5.52. The third-order valence-corrected chi connectivity index (χ3v) is 5.52. The molecule has 4 N–H and O–H groups in total. The molecule has 2 aromatic rings. The molecule has 29 heavy (non-hydrogen) atoms. The second kappa shape index (κ2) is 6.76. The van der Waals surface area contributed by atoms with Crippen LogP contribution in [0.2, 0.25) is 0 Å². The summed E-state index contributed by atoms with van der Waals surface area (Å²) in [4.78, 5) is 37.1. The number of benzene rings is 1. The minimum Gasteiger partial charge on any atom is -0.481 e. The van der Waals surface area contributed by atoms with Crippen molar-refractivity contribution in [3.05, 3.63) is 36.0 Å². The average molecular weight is 414 g/mol. The highest BCUT2D eigenvalue weighted by Crippen LogP contribution is 2.68. The van der Waals surface area contributed by atoms with E-state index in [1.807, 2.05) is 35.4 Å². The van der Waals surface area contributed by atoms with Gasteiger partial charge in [-0.25, -0.2) is 4.79 Å². The molecule has 1 saturated heterocycles. The van der Waals surface area contributed by atoms with E-state index in [9.17, 15) is 33.0 Å². The van der Waals surface area contributed by atoms with Gasteiger partial charge in [0.1, 0.15) is 0 Å². The standard InChI is InChI=1S/C16H16N2O4.C2HF3O2/c19-13(20)15-7-16(15,14(21)22)9-18(8-15)6-10-2-1-3-12-11(10)4-5-17-12;3-2(4,5)1(6)7/h1-5,17H,6-9H2,(H,19,20)(H,21,22);(H,6,7)/t15-,16+;. The highest BCUT2D eigenvalue weighted by atomic mass is 19.4. The van der Waals surface area contributed by atoms with Crippen molar-refractivity contribution < 1.29 is 42.9 Å². The van der Waals surface area contributed by atoms with Crippen molar-refractivity contribution in [2.75, 3.05) is 13.1 Å². The third kappa shape index (κ3) is 3.41. The van der Waals surface area contributed by atoms with Crippen LogP contribution < -0.4 is 0 Å². The predicted molar refractivity (Wildman–Crippen MR) is 92.0 cm³/mol. The lowest BCUT2D eigenvalue weighted by Gasteiger charge is -2.20. The summed E-state index contributed by atoms with van der Waals surface area (Å²) in [7, 11) is 0. The Labute approximate surface area is 161 Å². The fourth-order valence-corrected chi connectivity index (χ4v) is 4.04. The number of nitrogens with zero attached hydrogens (tertiary/aromatic N) is 1. The van der Waals surface area contributed by atoms with Gasteiger partial charge in [0.05, 0.1) is 10.8 Å². The van der Waals surface area contributed by atoms with Crippen LogP contribution in [0, 0.1) is 10.8 Å². The van der Waals surface area contributed by atoms with E-state index in [0.717, 1.165) is 16.5 Å². The van der Waals surface area contributed by atoms with E-state index in [-0.39, 0.29) is 6.42 Å². The largest absolute Gasteiger partial charge is 0.490 e. The Balaban J connectivity index is 0.000000298. The summed E-state index contributed by atoms with van der Waals surface area (Å²) in [5.41, 5.74) is -0.0978. The van der Waals surface area contributed by atoms with Gasteiger partial charge in [-0.15, -0.1) is 0 Å². The molecule has 1 aromatic heterocycles. The molecule has 1 saturated carbocycles. The SMILES string of the molecule is O=C(O)C(F)(F)F.O=C(O)[C@@]12CN(Cc3cccc4[nH]ccc34)C[C@]1(C(=O)O)C2. The maximum Gasteiger partial charge on any atom is 0.490 e. The second-order valence-corrected chi connectivity index (χ2v) is 7.26. The molecule has 2 fully saturated rings. The van der Waals surface area contributed by atoms with Crippen LogP contribution in [0.15, 0.2) is 30.5 Å². The number of aromatic amines is 1. The minimum atomic E-state index is -5.08. The van der Waals surface area contributed by atoms with Crippen molar-refractivity contribution >= 4 is 28.8 Å². The molecule has 2 aliphatic rings. The summed E-state index contributed by atoms with van der Waals surface area (Å²) >= 11 is 0. The van der Waals surface area contributed by atoms with Crippen LogP contribution in [0.3, 0.4) is 0 Å². The molecule has 156 valence electrons. The zero-order valence-electron chi connectivity index (χ0n) is 14.9. The molecule has 2 heterocycles. The first-order valence-corrected chi connectivity index (χ1v) is 8.47. The van der Waals surface area contributed by atoms with Crippen LogP contribution in [0.5, 0.6) is 0 Å². The number of aromatic nitrogens is 1. The lowest BCUT2D eigenvalue weighted by molar-refractivity contribution is -0.192. The monoisotopic (exact) mass is 414 g/mol. The van der Waals surface area contributed by atoms with E-state index in [1.54, 1.807) is 0 Å². The number of H-pyrrole nitrogens is 1. The molecule has 0 bridgehead atoms. The van der Waals surface area contributed by atoms with Gasteiger partial charge in [-0.1, -0.05) is 12.1 Å². The zero-order chi connectivity index (χ0) is 21.6. The number of carboxylic acids is 3. The summed E-state index contributed by atoms with van der Waals surface area (Å²) in [5.74, 6) is -4.73. The minimum absolute atomic E-state index is 0.246. The number of rotatable bonds is 4. The van der Waals surface area contributed by atoms with E-state index >= 15 is 0 Å². The topological polar surface area (TPSA) is 131 Å². The van der Waals surface area contributed by atoms with Gasteiger partial charge in [0, 0.05) is 36.7 Å². The molecule has 0 unspecified atom stereocenters. The lowest BCUT2D eigenvalue weighted by atomic mass is 9.97. The van der Waals surface area contributed by atoms with Crippen LogP contribution in [-0.4, -0.2) is 62.4 Å². The quantitative estimate of drug-likeness (QED) is 0.603. The summed E-state index contributed by atoms with van der Waals surface area (Å²) in [5, 5.41) is 27.1. The normalized spacial score (nSPS) is 25.8. The van der Waals surface area contributed by atoms with Crippen molar-refractivity contribution in [2.45, 2.75) is 19.1 Å². The van der Waals surface area contributed by atoms with E-state index < -0.39 is 34.9 Å². The van der Waals surface area contributed by atoms with Crippen molar-refractivity contribution in [3.8, 4) is 0 Å². The predicted octanol–water partition coefficient (Wildman–Crippen LogP) is 2.16. The van der Waals surface area contributed by atoms with E-state index in [2.05, 4.69) is 4.98 Å².